The summed E-state index contributed by atoms with van der Waals surface area (Å²) in [6.45, 7) is 1.83. The van der Waals surface area contributed by atoms with Crippen molar-refractivity contribution in [2.24, 2.45) is 0 Å². The van der Waals surface area contributed by atoms with Crippen molar-refractivity contribution in [1.82, 2.24) is 4.90 Å². The lowest BCUT2D eigenvalue weighted by Gasteiger charge is -2.28. The molecule has 21 heavy (non-hydrogen) atoms. The van der Waals surface area contributed by atoms with Crippen LogP contribution in [-0.2, 0) is 0 Å². The number of amides is 2. The molecule has 0 radical (unpaired) electrons. The van der Waals surface area contributed by atoms with Crippen LogP contribution in [0.2, 0.25) is 0 Å². The van der Waals surface area contributed by atoms with Crippen molar-refractivity contribution in [3.8, 4) is 0 Å². The Labute approximate surface area is 125 Å². The minimum atomic E-state index is -0.188. The molecule has 0 spiro atoms. The van der Waals surface area contributed by atoms with Crippen molar-refractivity contribution in [3.05, 3.63) is 29.8 Å². The highest BCUT2D eigenvalue weighted by molar-refractivity contribution is 5.95. The fourth-order valence-corrected chi connectivity index (χ4v) is 2.76. The van der Waals surface area contributed by atoms with Crippen LogP contribution in [0.15, 0.2) is 24.3 Å². The van der Waals surface area contributed by atoms with Crippen LogP contribution >= 0.6 is 0 Å². The fourth-order valence-electron chi connectivity index (χ4n) is 2.76. The van der Waals surface area contributed by atoms with E-state index in [0.717, 1.165) is 25.7 Å². The first kappa shape index (κ1) is 15.5. The standard InChI is InChI=1S/C16H22N2O3/c1-12(20)13-6-8-14(9-7-13)17-16(21)18(10-11-19)15-4-2-3-5-15/h6-9,15,19H,2-5,10-11H2,1H3,(H,17,21). The van der Waals surface area contributed by atoms with Crippen molar-refractivity contribution in [3.63, 3.8) is 0 Å². The lowest BCUT2D eigenvalue weighted by molar-refractivity contribution is 0.101. The molecule has 0 saturated heterocycles. The van der Waals surface area contributed by atoms with Crippen molar-refractivity contribution >= 4 is 17.5 Å². The summed E-state index contributed by atoms with van der Waals surface area (Å²) >= 11 is 0. The highest BCUT2D eigenvalue weighted by Crippen LogP contribution is 2.24. The van der Waals surface area contributed by atoms with Gasteiger partial charge in [0.2, 0.25) is 0 Å². The maximum Gasteiger partial charge on any atom is 0.322 e. The number of nitrogens with zero attached hydrogens (tertiary/aromatic N) is 1. The van der Waals surface area contributed by atoms with Gasteiger partial charge < -0.3 is 15.3 Å². The van der Waals surface area contributed by atoms with Gasteiger partial charge in [-0.05, 0) is 44.0 Å². The number of urea groups is 1. The Morgan fingerprint density at radius 3 is 2.38 bits per heavy atom. The molecule has 0 aliphatic heterocycles. The Morgan fingerprint density at radius 2 is 1.86 bits per heavy atom. The maximum absolute atomic E-state index is 12.3. The van der Waals surface area contributed by atoms with E-state index in [-0.39, 0.29) is 24.5 Å². The second-order valence-corrected chi connectivity index (χ2v) is 5.42. The second-order valence-electron chi connectivity index (χ2n) is 5.42. The first-order valence-electron chi connectivity index (χ1n) is 7.41. The lowest BCUT2D eigenvalue weighted by Crippen LogP contribution is -2.43. The summed E-state index contributed by atoms with van der Waals surface area (Å²) in [6.07, 6.45) is 4.26. The molecule has 2 amide bonds. The number of anilines is 1. The molecule has 2 N–H and O–H groups in total. The van der Waals surface area contributed by atoms with Crippen molar-refractivity contribution in [2.45, 2.75) is 38.6 Å². The molecule has 0 aromatic heterocycles. The molecule has 0 unspecified atom stereocenters. The first-order valence-corrected chi connectivity index (χ1v) is 7.41. The summed E-state index contributed by atoms with van der Waals surface area (Å²) in [5, 5.41) is 12.0. The van der Waals surface area contributed by atoms with E-state index in [1.54, 1.807) is 29.2 Å². The molecular weight excluding hydrogens is 268 g/mol. The molecule has 114 valence electrons. The van der Waals surface area contributed by atoms with E-state index in [1.807, 2.05) is 0 Å². The molecule has 0 atom stereocenters. The number of carbonyl (C=O) groups excluding carboxylic acids is 2. The van der Waals surface area contributed by atoms with Gasteiger partial charge in [0.1, 0.15) is 0 Å². The number of ketones is 1. The van der Waals surface area contributed by atoms with Crippen LogP contribution in [0.5, 0.6) is 0 Å². The Hall–Kier alpha value is -1.88. The maximum atomic E-state index is 12.3. The van der Waals surface area contributed by atoms with E-state index >= 15 is 0 Å². The van der Waals surface area contributed by atoms with Gasteiger partial charge >= 0.3 is 6.03 Å². The molecule has 5 nitrogen and oxygen atoms in total. The minimum Gasteiger partial charge on any atom is -0.395 e. The van der Waals surface area contributed by atoms with E-state index in [0.29, 0.717) is 17.8 Å². The van der Waals surface area contributed by atoms with Crippen molar-refractivity contribution in [2.75, 3.05) is 18.5 Å². The van der Waals surface area contributed by atoms with Gasteiger partial charge in [-0.2, -0.15) is 0 Å². The van der Waals surface area contributed by atoms with Crippen LogP contribution in [0.25, 0.3) is 0 Å². The molecule has 5 heteroatoms. The van der Waals surface area contributed by atoms with Gasteiger partial charge in [-0.25, -0.2) is 4.79 Å². The zero-order valence-corrected chi connectivity index (χ0v) is 12.3. The number of rotatable bonds is 5. The highest BCUT2D eigenvalue weighted by atomic mass is 16.3. The quantitative estimate of drug-likeness (QED) is 0.819. The fraction of sp³-hybridized carbons (Fsp3) is 0.500. The van der Waals surface area contributed by atoms with Gasteiger partial charge in [-0.1, -0.05) is 12.8 Å². The van der Waals surface area contributed by atoms with Crippen LogP contribution in [0.1, 0.15) is 43.0 Å². The Kier molecular flexibility index (Phi) is 5.33. The topological polar surface area (TPSA) is 69.6 Å². The highest BCUT2D eigenvalue weighted by Gasteiger charge is 2.26. The van der Waals surface area contributed by atoms with Crippen LogP contribution in [0, 0.1) is 0 Å². The number of nitrogens with one attached hydrogen (secondary N) is 1. The number of aliphatic hydroxyl groups excluding tert-OH is 1. The monoisotopic (exact) mass is 290 g/mol. The molecule has 1 aliphatic carbocycles. The average molecular weight is 290 g/mol. The summed E-state index contributed by atoms with van der Waals surface area (Å²) in [6, 6.07) is 6.87. The third kappa shape index (κ3) is 4.04. The van der Waals surface area contributed by atoms with Gasteiger partial charge in [0.05, 0.1) is 6.61 Å². The van der Waals surface area contributed by atoms with Gasteiger partial charge in [0, 0.05) is 23.8 Å². The molecule has 0 heterocycles. The van der Waals surface area contributed by atoms with Gasteiger partial charge in [0.15, 0.2) is 5.78 Å². The van der Waals surface area contributed by atoms with Crippen molar-refractivity contribution < 1.29 is 14.7 Å². The lowest BCUT2D eigenvalue weighted by atomic mass is 10.1. The van der Waals surface area contributed by atoms with Gasteiger partial charge in [0.25, 0.3) is 0 Å². The summed E-state index contributed by atoms with van der Waals surface area (Å²) in [7, 11) is 0. The number of carbonyl (C=O) groups is 2. The van der Waals surface area contributed by atoms with Crippen LogP contribution in [-0.4, -0.2) is 41.0 Å². The summed E-state index contributed by atoms with van der Waals surface area (Å²) in [5.74, 6) is 0.000684. The summed E-state index contributed by atoms with van der Waals surface area (Å²) in [5.41, 5.74) is 1.28. The molecule has 1 aromatic carbocycles. The largest absolute Gasteiger partial charge is 0.395 e. The molecule has 2 rings (SSSR count). The smallest absolute Gasteiger partial charge is 0.322 e. The van der Waals surface area contributed by atoms with Crippen LogP contribution in [0.3, 0.4) is 0 Å². The number of hydrogen-bond donors (Lipinski definition) is 2. The van der Waals surface area contributed by atoms with Gasteiger partial charge in [-0.15, -0.1) is 0 Å². The number of benzene rings is 1. The zero-order chi connectivity index (χ0) is 15.2. The molecule has 1 aliphatic rings. The van der Waals surface area contributed by atoms with E-state index in [1.165, 1.54) is 6.92 Å². The molecular formula is C16H22N2O3. The minimum absolute atomic E-state index is 0.000684. The van der Waals surface area contributed by atoms with Gasteiger partial charge in [-0.3, -0.25) is 4.79 Å². The van der Waals surface area contributed by atoms with E-state index < -0.39 is 0 Å². The molecule has 0 bridgehead atoms. The number of Topliss-reactive ketones (excluding diaryl/α,β-unsaturated/α-hetero) is 1. The van der Waals surface area contributed by atoms with Crippen molar-refractivity contribution in [1.29, 1.82) is 0 Å². The normalized spacial score (nSPS) is 15.0. The molecule has 1 fully saturated rings. The van der Waals surface area contributed by atoms with E-state index in [4.69, 9.17) is 5.11 Å². The first-order chi connectivity index (χ1) is 10.1. The SMILES string of the molecule is CC(=O)c1ccc(NC(=O)N(CCO)C2CCCC2)cc1. The number of hydrogen-bond acceptors (Lipinski definition) is 3. The van der Waals surface area contributed by atoms with Crippen LogP contribution < -0.4 is 5.32 Å². The predicted molar refractivity (Wildman–Crippen MR) is 81.5 cm³/mol. The van der Waals surface area contributed by atoms with E-state index in [9.17, 15) is 9.59 Å². The Bertz CT molecular complexity index is 493. The predicted octanol–water partition coefficient (Wildman–Crippen LogP) is 2.66. The summed E-state index contributed by atoms with van der Waals surface area (Å²) in [4.78, 5) is 25.3. The molecule has 1 saturated carbocycles. The third-order valence-corrected chi connectivity index (χ3v) is 3.91. The van der Waals surface area contributed by atoms with E-state index in [2.05, 4.69) is 5.32 Å². The van der Waals surface area contributed by atoms with Crippen LogP contribution in [0.4, 0.5) is 10.5 Å². The Balaban J connectivity index is 2.01. The second kappa shape index (κ2) is 7.22. The summed E-state index contributed by atoms with van der Waals surface area (Å²) < 4.78 is 0. The number of aliphatic hydroxyl groups is 1. The molecule has 1 aromatic rings. The third-order valence-electron chi connectivity index (χ3n) is 3.91. The Morgan fingerprint density at radius 1 is 1.24 bits per heavy atom. The average Bonchev–Trinajstić information content (AvgIpc) is 2.99. The zero-order valence-electron chi connectivity index (χ0n) is 12.3.